The van der Waals surface area contributed by atoms with Crippen molar-refractivity contribution in [2.45, 2.75) is 49.9 Å². The molecule has 0 aromatic rings. The predicted octanol–water partition coefficient (Wildman–Crippen LogP) is 1.82. The number of allylic oxidation sites excluding steroid dienone is 2. The second-order valence-electron chi connectivity index (χ2n) is 7.56. The monoisotopic (exact) mass is 304 g/mol. The van der Waals surface area contributed by atoms with Crippen LogP contribution in [0.2, 0.25) is 0 Å². The Hall–Kier alpha value is -1.13. The van der Waals surface area contributed by atoms with Crippen molar-refractivity contribution in [2.24, 2.45) is 29.6 Å². The van der Waals surface area contributed by atoms with Crippen LogP contribution >= 0.6 is 0 Å². The van der Waals surface area contributed by atoms with Crippen LogP contribution in [0.15, 0.2) is 24.8 Å². The number of aliphatic hydroxyl groups is 2. The van der Waals surface area contributed by atoms with Crippen LogP contribution in [0.25, 0.3) is 0 Å². The first-order valence-corrected chi connectivity index (χ1v) is 8.39. The van der Waals surface area contributed by atoms with Gasteiger partial charge in [-0.1, -0.05) is 18.2 Å². The van der Waals surface area contributed by atoms with Gasteiger partial charge in [-0.25, -0.2) is 0 Å². The Morgan fingerprint density at radius 2 is 2.05 bits per heavy atom. The lowest BCUT2D eigenvalue weighted by atomic mass is 9.50. The largest absolute Gasteiger partial charge is 0.459 e. The van der Waals surface area contributed by atoms with Crippen LogP contribution in [0.4, 0.5) is 0 Å². The highest BCUT2D eigenvalue weighted by atomic mass is 16.6. The lowest BCUT2D eigenvalue weighted by Crippen LogP contribution is -2.64. The molecular formula is C18H24O4. The van der Waals surface area contributed by atoms with Crippen LogP contribution in [0, 0.1) is 29.6 Å². The van der Waals surface area contributed by atoms with Crippen LogP contribution in [-0.4, -0.2) is 34.0 Å². The third-order valence-corrected chi connectivity index (χ3v) is 6.82. The Labute approximate surface area is 130 Å². The Balaban J connectivity index is 1.75. The van der Waals surface area contributed by atoms with Gasteiger partial charge in [-0.2, -0.15) is 0 Å². The van der Waals surface area contributed by atoms with E-state index < -0.39 is 29.7 Å². The zero-order chi connectivity index (χ0) is 15.6. The van der Waals surface area contributed by atoms with E-state index in [1.807, 2.05) is 6.08 Å². The summed E-state index contributed by atoms with van der Waals surface area (Å²) in [7, 11) is 0. The van der Waals surface area contributed by atoms with Gasteiger partial charge in [0.15, 0.2) is 0 Å². The highest BCUT2D eigenvalue weighted by molar-refractivity contribution is 5.78. The van der Waals surface area contributed by atoms with E-state index in [1.165, 1.54) is 5.57 Å². The molecule has 0 radical (unpaired) electrons. The van der Waals surface area contributed by atoms with E-state index in [-0.39, 0.29) is 11.8 Å². The lowest BCUT2D eigenvalue weighted by Gasteiger charge is -2.56. The molecule has 4 rings (SSSR count). The van der Waals surface area contributed by atoms with Crippen molar-refractivity contribution in [3.8, 4) is 0 Å². The highest BCUT2D eigenvalue weighted by Gasteiger charge is 2.69. The standard InChI is InChI=1S/C18H24O4/c1-3-10-9(2)4-5-11-12(10)8-15-18(21)13(11)6-7-14(19)16(18)17(20)22-15/h3,10-16,19,21H,1-2,4-8H2/t10-,11+,12-,13-,14-,15-,16-,18-/m1/s1. The first-order chi connectivity index (χ1) is 10.5. The quantitative estimate of drug-likeness (QED) is 0.573. The number of ether oxygens (including phenoxy) is 1. The van der Waals surface area contributed by atoms with E-state index in [1.54, 1.807) is 0 Å². The summed E-state index contributed by atoms with van der Waals surface area (Å²) in [6, 6.07) is 0. The highest BCUT2D eigenvalue weighted by Crippen LogP contribution is 2.60. The molecule has 1 saturated heterocycles. The molecule has 0 aromatic heterocycles. The van der Waals surface area contributed by atoms with Gasteiger partial charge in [0.05, 0.1) is 6.10 Å². The number of rotatable bonds is 1. The summed E-state index contributed by atoms with van der Waals surface area (Å²) in [5.41, 5.74) is 0.0266. The molecule has 4 fully saturated rings. The molecule has 120 valence electrons. The molecule has 0 amide bonds. The van der Waals surface area contributed by atoms with Gasteiger partial charge >= 0.3 is 5.97 Å². The second-order valence-corrected chi connectivity index (χ2v) is 7.56. The minimum atomic E-state index is -1.18. The molecule has 0 aromatic carbocycles. The van der Waals surface area contributed by atoms with E-state index in [9.17, 15) is 15.0 Å². The fourth-order valence-electron chi connectivity index (χ4n) is 5.89. The van der Waals surface area contributed by atoms with Crippen molar-refractivity contribution >= 4 is 5.97 Å². The third kappa shape index (κ3) is 1.63. The Bertz CT molecular complexity index is 541. The average molecular weight is 304 g/mol. The number of carbonyl (C=O) groups is 1. The number of fused-ring (bicyclic) bond motifs is 2. The zero-order valence-corrected chi connectivity index (χ0v) is 12.8. The maximum atomic E-state index is 12.2. The molecule has 2 N–H and O–H groups in total. The van der Waals surface area contributed by atoms with Crippen molar-refractivity contribution in [3.63, 3.8) is 0 Å². The number of hydrogen-bond acceptors (Lipinski definition) is 4. The third-order valence-electron chi connectivity index (χ3n) is 6.82. The van der Waals surface area contributed by atoms with Gasteiger partial charge in [0.1, 0.15) is 17.6 Å². The SMILES string of the molecule is C=C[C@@H]1C(=C)CC[C@H]2[C@@H]1C[C@H]1OC(=O)[C@H]3[C@H](O)CC[C@H]2[C@@]13O. The van der Waals surface area contributed by atoms with Gasteiger partial charge in [-0.3, -0.25) is 4.79 Å². The zero-order valence-electron chi connectivity index (χ0n) is 12.8. The first-order valence-electron chi connectivity index (χ1n) is 8.39. The molecule has 3 saturated carbocycles. The number of aliphatic hydroxyl groups excluding tert-OH is 1. The maximum Gasteiger partial charge on any atom is 0.315 e. The summed E-state index contributed by atoms with van der Waals surface area (Å²) in [5.74, 6) is -0.198. The van der Waals surface area contributed by atoms with Crippen molar-refractivity contribution in [1.29, 1.82) is 0 Å². The number of esters is 1. The smallest absolute Gasteiger partial charge is 0.315 e. The topological polar surface area (TPSA) is 66.8 Å². The van der Waals surface area contributed by atoms with Crippen molar-refractivity contribution in [1.82, 2.24) is 0 Å². The van der Waals surface area contributed by atoms with Crippen LogP contribution in [0.5, 0.6) is 0 Å². The van der Waals surface area contributed by atoms with E-state index in [4.69, 9.17) is 4.74 Å². The van der Waals surface area contributed by atoms with Gasteiger partial charge in [0.25, 0.3) is 0 Å². The summed E-state index contributed by atoms with van der Waals surface area (Å²) < 4.78 is 5.52. The van der Waals surface area contributed by atoms with Gasteiger partial charge in [0.2, 0.25) is 0 Å². The molecule has 1 aliphatic heterocycles. The Kier molecular flexibility index (Phi) is 3.08. The summed E-state index contributed by atoms with van der Waals surface area (Å²) >= 11 is 0. The summed E-state index contributed by atoms with van der Waals surface area (Å²) in [6.45, 7) is 8.15. The van der Waals surface area contributed by atoms with Crippen molar-refractivity contribution < 1.29 is 19.7 Å². The van der Waals surface area contributed by atoms with Gasteiger partial charge < -0.3 is 14.9 Å². The molecule has 4 aliphatic rings. The molecule has 0 spiro atoms. The van der Waals surface area contributed by atoms with Crippen LogP contribution in [0.1, 0.15) is 32.1 Å². The maximum absolute atomic E-state index is 12.2. The summed E-state index contributed by atoms with van der Waals surface area (Å²) in [6.07, 6.45) is 4.66. The number of hydrogen-bond donors (Lipinski definition) is 2. The van der Waals surface area contributed by atoms with Crippen molar-refractivity contribution in [3.05, 3.63) is 24.8 Å². The van der Waals surface area contributed by atoms with E-state index in [2.05, 4.69) is 13.2 Å². The van der Waals surface area contributed by atoms with Crippen LogP contribution in [0.3, 0.4) is 0 Å². The van der Waals surface area contributed by atoms with Gasteiger partial charge in [-0.15, -0.1) is 6.58 Å². The Morgan fingerprint density at radius 1 is 1.27 bits per heavy atom. The van der Waals surface area contributed by atoms with Gasteiger partial charge in [-0.05, 0) is 49.9 Å². The molecule has 1 heterocycles. The molecule has 3 aliphatic carbocycles. The molecule has 8 atom stereocenters. The minimum absolute atomic E-state index is 0.0339. The van der Waals surface area contributed by atoms with E-state index >= 15 is 0 Å². The fraction of sp³-hybridized carbons (Fsp3) is 0.722. The lowest BCUT2D eigenvalue weighted by molar-refractivity contribution is -0.194. The average Bonchev–Trinajstić information content (AvgIpc) is 2.73. The molecule has 4 heteroatoms. The van der Waals surface area contributed by atoms with Crippen LogP contribution in [-0.2, 0) is 9.53 Å². The summed E-state index contributed by atoms with van der Waals surface area (Å²) in [4.78, 5) is 12.2. The predicted molar refractivity (Wildman–Crippen MR) is 80.7 cm³/mol. The molecule has 4 nitrogen and oxygen atoms in total. The van der Waals surface area contributed by atoms with Crippen molar-refractivity contribution in [2.75, 3.05) is 0 Å². The normalized spacial score (nSPS) is 53.5. The Morgan fingerprint density at radius 3 is 2.77 bits per heavy atom. The van der Waals surface area contributed by atoms with E-state index in [0.29, 0.717) is 24.7 Å². The summed E-state index contributed by atoms with van der Waals surface area (Å²) in [5, 5.41) is 21.6. The molecule has 0 bridgehead atoms. The molecular weight excluding hydrogens is 280 g/mol. The van der Waals surface area contributed by atoms with Crippen LogP contribution < -0.4 is 0 Å². The molecule has 22 heavy (non-hydrogen) atoms. The van der Waals surface area contributed by atoms with E-state index in [0.717, 1.165) is 19.3 Å². The second kappa shape index (κ2) is 4.68. The minimum Gasteiger partial charge on any atom is -0.459 e. The number of carbonyl (C=O) groups excluding carboxylic acids is 1. The van der Waals surface area contributed by atoms with Gasteiger partial charge in [0, 0.05) is 5.92 Å². The molecule has 0 unspecified atom stereocenters. The fourth-order valence-corrected chi connectivity index (χ4v) is 5.89. The first kappa shape index (κ1) is 14.5.